The molecule has 1 saturated heterocycles. The summed E-state index contributed by atoms with van der Waals surface area (Å²) >= 11 is 1.81. The Morgan fingerprint density at radius 2 is 2.29 bits per heavy atom. The quantitative estimate of drug-likeness (QED) is 0.689. The van der Waals surface area contributed by atoms with Crippen molar-refractivity contribution in [3.8, 4) is 0 Å². The van der Waals surface area contributed by atoms with Gasteiger partial charge in [-0.1, -0.05) is 6.07 Å². The first-order valence-electron chi connectivity index (χ1n) is 9.96. The highest BCUT2D eigenvalue weighted by atomic mass is 32.1. The van der Waals surface area contributed by atoms with Gasteiger partial charge in [-0.15, -0.1) is 11.3 Å². The van der Waals surface area contributed by atoms with Crippen molar-refractivity contribution < 1.29 is 4.79 Å². The van der Waals surface area contributed by atoms with Crippen LogP contribution in [-0.2, 0) is 6.54 Å². The summed E-state index contributed by atoms with van der Waals surface area (Å²) in [6, 6.07) is 6.43. The second kappa shape index (κ2) is 8.41. The van der Waals surface area contributed by atoms with Crippen LogP contribution >= 0.6 is 11.3 Å². The van der Waals surface area contributed by atoms with Crippen molar-refractivity contribution in [1.82, 2.24) is 25.0 Å². The van der Waals surface area contributed by atoms with Crippen LogP contribution in [0.2, 0.25) is 0 Å². The van der Waals surface area contributed by atoms with E-state index < -0.39 is 0 Å². The minimum absolute atomic E-state index is 0.0536. The number of pyridine rings is 1. The predicted molar refractivity (Wildman–Crippen MR) is 113 cm³/mol. The van der Waals surface area contributed by atoms with Crippen LogP contribution in [0.25, 0.3) is 11.0 Å². The first-order chi connectivity index (χ1) is 13.6. The van der Waals surface area contributed by atoms with E-state index >= 15 is 0 Å². The maximum atomic E-state index is 12.6. The summed E-state index contributed by atoms with van der Waals surface area (Å²) in [4.78, 5) is 21.0. The first-order valence-corrected chi connectivity index (χ1v) is 10.8. The van der Waals surface area contributed by atoms with Gasteiger partial charge in [0.25, 0.3) is 5.91 Å². The summed E-state index contributed by atoms with van der Waals surface area (Å²) in [7, 11) is 0. The summed E-state index contributed by atoms with van der Waals surface area (Å²) in [6.07, 6.45) is 5.79. The smallest absolute Gasteiger partial charge is 0.252 e. The highest BCUT2D eigenvalue weighted by Crippen LogP contribution is 2.20. The third kappa shape index (κ3) is 4.25. The number of piperidine rings is 1. The molecular formula is C21H27N5OS. The first kappa shape index (κ1) is 19.1. The Kier molecular flexibility index (Phi) is 5.73. The predicted octanol–water partition coefficient (Wildman–Crippen LogP) is 3.72. The molecule has 28 heavy (non-hydrogen) atoms. The van der Waals surface area contributed by atoms with Crippen molar-refractivity contribution in [3.63, 3.8) is 0 Å². The molecule has 0 spiro atoms. The highest BCUT2D eigenvalue weighted by Gasteiger charge is 2.21. The Morgan fingerprint density at radius 1 is 1.39 bits per heavy atom. The zero-order chi connectivity index (χ0) is 19.5. The van der Waals surface area contributed by atoms with Crippen molar-refractivity contribution in [2.45, 2.75) is 39.3 Å². The maximum absolute atomic E-state index is 12.6. The summed E-state index contributed by atoms with van der Waals surface area (Å²) in [5.74, 6) is 0.445. The molecule has 148 valence electrons. The summed E-state index contributed by atoms with van der Waals surface area (Å²) < 4.78 is 1.88. The van der Waals surface area contributed by atoms with E-state index in [0.29, 0.717) is 18.0 Å². The molecule has 4 rings (SSSR count). The third-order valence-corrected chi connectivity index (χ3v) is 6.16. The Hall–Kier alpha value is -2.25. The summed E-state index contributed by atoms with van der Waals surface area (Å²) in [5, 5.41) is 10.5. The maximum Gasteiger partial charge on any atom is 0.252 e. The van der Waals surface area contributed by atoms with E-state index in [4.69, 9.17) is 0 Å². The van der Waals surface area contributed by atoms with Crippen molar-refractivity contribution in [2.24, 2.45) is 5.92 Å². The van der Waals surface area contributed by atoms with Crippen molar-refractivity contribution in [1.29, 1.82) is 0 Å². The number of hydrogen-bond donors (Lipinski definition) is 1. The van der Waals surface area contributed by atoms with Crippen LogP contribution < -0.4 is 5.32 Å². The molecule has 6 nitrogen and oxygen atoms in total. The highest BCUT2D eigenvalue weighted by molar-refractivity contribution is 7.09. The number of amides is 1. The Labute approximate surface area is 169 Å². The van der Waals surface area contributed by atoms with E-state index in [9.17, 15) is 4.79 Å². The lowest BCUT2D eigenvalue weighted by atomic mass is 9.98. The lowest BCUT2D eigenvalue weighted by Crippen LogP contribution is -2.40. The van der Waals surface area contributed by atoms with E-state index in [2.05, 4.69) is 51.7 Å². The summed E-state index contributed by atoms with van der Waals surface area (Å²) in [6.45, 7) is 8.05. The Balaban J connectivity index is 1.34. The molecule has 0 saturated carbocycles. The fraction of sp³-hybridized carbons (Fsp3) is 0.476. The normalized spacial score (nSPS) is 18.0. The number of carbonyl (C=O) groups is 1. The molecule has 3 aromatic rings. The Morgan fingerprint density at radius 3 is 3.07 bits per heavy atom. The fourth-order valence-electron chi connectivity index (χ4n) is 3.87. The zero-order valence-electron chi connectivity index (χ0n) is 16.5. The second-order valence-corrected chi connectivity index (χ2v) is 8.88. The SMILES string of the molecule is CC(C)n1ncc2cc(C(=O)NCC3CCCN(Cc4cccs4)C3)cnc21. The topological polar surface area (TPSA) is 63.1 Å². The van der Waals surface area contributed by atoms with Gasteiger partial charge in [0.15, 0.2) is 5.65 Å². The average Bonchev–Trinajstić information content (AvgIpc) is 3.35. The number of fused-ring (bicyclic) bond motifs is 1. The fourth-order valence-corrected chi connectivity index (χ4v) is 4.61. The molecule has 1 unspecified atom stereocenters. The average molecular weight is 398 g/mol. The molecule has 3 aromatic heterocycles. The van der Waals surface area contributed by atoms with E-state index in [1.165, 1.54) is 17.7 Å². The lowest BCUT2D eigenvalue weighted by molar-refractivity contribution is 0.0930. The van der Waals surface area contributed by atoms with E-state index in [1.54, 1.807) is 12.4 Å². The molecule has 4 heterocycles. The molecule has 1 fully saturated rings. The van der Waals surface area contributed by atoms with Crippen LogP contribution in [0.3, 0.4) is 0 Å². The molecule has 1 atom stereocenters. The summed E-state index contributed by atoms with van der Waals surface area (Å²) in [5.41, 5.74) is 1.42. The van der Waals surface area contributed by atoms with Crippen molar-refractivity contribution in [3.05, 3.63) is 46.4 Å². The van der Waals surface area contributed by atoms with E-state index in [-0.39, 0.29) is 11.9 Å². The number of aromatic nitrogens is 3. The van der Waals surface area contributed by atoms with Gasteiger partial charge in [-0.05, 0) is 56.7 Å². The molecule has 0 radical (unpaired) electrons. The van der Waals surface area contributed by atoms with Crippen LogP contribution in [0.4, 0.5) is 0 Å². The Bertz CT molecular complexity index is 934. The van der Waals surface area contributed by atoms with Crippen LogP contribution in [0, 0.1) is 5.92 Å². The van der Waals surface area contributed by atoms with Crippen LogP contribution in [0.15, 0.2) is 36.0 Å². The molecule has 1 amide bonds. The minimum atomic E-state index is -0.0536. The molecule has 0 aromatic carbocycles. The van der Waals surface area contributed by atoms with Crippen molar-refractivity contribution in [2.75, 3.05) is 19.6 Å². The monoisotopic (exact) mass is 397 g/mol. The van der Waals surface area contributed by atoms with Crippen molar-refractivity contribution >= 4 is 28.3 Å². The van der Waals surface area contributed by atoms with Gasteiger partial charge < -0.3 is 5.32 Å². The number of carbonyl (C=O) groups excluding carboxylic acids is 1. The van der Waals surface area contributed by atoms with Gasteiger partial charge in [0.05, 0.1) is 11.8 Å². The van der Waals surface area contributed by atoms with Gasteiger partial charge in [-0.2, -0.15) is 5.10 Å². The minimum Gasteiger partial charge on any atom is -0.352 e. The van der Waals surface area contributed by atoms with E-state index in [0.717, 1.165) is 30.7 Å². The van der Waals surface area contributed by atoms with Crippen LogP contribution in [0.1, 0.15) is 48.0 Å². The number of hydrogen-bond acceptors (Lipinski definition) is 5. The van der Waals surface area contributed by atoms with Gasteiger partial charge in [0.1, 0.15) is 0 Å². The number of nitrogens with one attached hydrogen (secondary N) is 1. The van der Waals surface area contributed by atoms with Crippen LogP contribution in [-0.4, -0.2) is 45.2 Å². The van der Waals surface area contributed by atoms with Crippen LogP contribution in [0.5, 0.6) is 0 Å². The van der Waals surface area contributed by atoms with Gasteiger partial charge in [0.2, 0.25) is 0 Å². The zero-order valence-corrected chi connectivity index (χ0v) is 17.3. The van der Waals surface area contributed by atoms with Gasteiger partial charge in [-0.3, -0.25) is 9.69 Å². The number of likely N-dealkylation sites (tertiary alicyclic amines) is 1. The molecule has 0 aliphatic carbocycles. The molecule has 1 aliphatic heterocycles. The molecular weight excluding hydrogens is 370 g/mol. The number of thiophene rings is 1. The molecule has 1 N–H and O–H groups in total. The molecule has 7 heteroatoms. The number of nitrogens with zero attached hydrogens (tertiary/aromatic N) is 4. The second-order valence-electron chi connectivity index (χ2n) is 7.85. The van der Waals surface area contributed by atoms with Gasteiger partial charge in [0, 0.05) is 42.1 Å². The molecule has 1 aliphatic rings. The van der Waals surface area contributed by atoms with Gasteiger partial charge in [-0.25, -0.2) is 9.67 Å². The van der Waals surface area contributed by atoms with E-state index in [1.807, 2.05) is 22.1 Å². The standard InChI is InChI=1S/C21H27N5OS/c1-15(2)26-20-17(12-24-26)9-18(11-22-20)21(27)23-10-16-5-3-7-25(13-16)14-19-6-4-8-28-19/h4,6,8-9,11-12,15-16H,3,5,7,10,13-14H2,1-2H3,(H,23,27). The largest absolute Gasteiger partial charge is 0.352 e. The lowest BCUT2D eigenvalue weighted by Gasteiger charge is -2.32. The molecule has 0 bridgehead atoms. The number of rotatable bonds is 6. The third-order valence-electron chi connectivity index (χ3n) is 5.30. The van der Waals surface area contributed by atoms with Gasteiger partial charge >= 0.3 is 0 Å².